The number of aromatic nitrogens is 3. The van der Waals surface area contributed by atoms with E-state index in [1.165, 1.54) is 44.5 Å². The van der Waals surface area contributed by atoms with Crippen molar-refractivity contribution in [2.75, 3.05) is 6.54 Å². The standard InChI is InChI=1S/C11H18N4/c1-2-6-12-9(3-1)7-11-14-13-8-15(11)10-4-5-10/h8-10,12H,1-7H2. The first-order valence-corrected chi connectivity index (χ1v) is 6.05. The van der Waals surface area contributed by atoms with Gasteiger partial charge in [-0.1, -0.05) is 6.42 Å². The molecule has 0 bridgehead atoms. The number of hydrogen-bond acceptors (Lipinski definition) is 3. The van der Waals surface area contributed by atoms with Crippen LogP contribution in [0.4, 0.5) is 0 Å². The summed E-state index contributed by atoms with van der Waals surface area (Å²) in [6.45, 7) is 1.17. The Morgan fingerprint density at radius 1 is 1.33 bits per heavy atom. The zero-order valence-electron chi connectivity index (χ0n) is 9.02. The molecule has 2 fully saturated rings. The van der Waals surface area contributed by atoms with Crippen molar-refractivity contribution in [3.05, 3.63) is 12.2 Å². The van der Waals surface area contributed by atoms with Gasteiger partial charge < -0.3 is 9.88 Å². The molecule has 1 unspecified atom stereocenters. The molecule has 0 spiro atoms. The average Bonchev–Trinajstić information content (AvgIpc) is 3.02. The van der Waals surface area contributed by atoms with Gasteiger partial charge in [-0.25, -0.2) is 0 Å². The minimum atomic E-state index is 0.625. The third kappa shape index (κ3) is 2.04. The largest absolute Gasteiger partial charge is 0.314 e. The lowest BCUT2D eigenvalue weighted by Crippen LogP contribution is -2.36. The smallest absolute Gasteiger partial charge is 0.134 e. The average molecular weight is 206 g/mol. The Hall–Kier alpha value is -0.900. The quantitative estimate of drug-likeness (QED) is 0.810. The van der Waals surface area contributed by atoms with Gasteiger partial charge in [0.2, 0.25) is 0 Å². The molecule has 1 N–H and O–H groups in total. The third-order valence-corrected chi connectivity index (χ3v) is 3.43. The minimum absolute atomic E-state index is 0.625. The Morgan fingerprint density at radius 2 is 2.27 bits per heavy atom. The molecule has 1 saturated heterocycles. The molecule has 0 radical (unpaired) electrons. The van der Waals surface area contributed by atoms with Crippen LogP contribution in [0.5, 0.6) is 0 Å². The summed E-state index contributed by atoms with van der Waals surface area (Å²) >= 11 is 0. The molecule has 2 heterocycles. The normalized spacial score (nSPS) is 26.8. The molecule has 3 rings (SSSR count). The SMILES string of the molecule is c1nnc(CC2CCCCN2)n1C1CC1. The van der Waals surface area contributed by atoms with Crippen molar-refractivity contribution in [3.8, 4) is 0 Å². The number of nitrogens with zero attached hydrogens (tertiary/aromatic N) is 3. The maximum atomic E-state index is 4.24. The molecule has 1 aliphatic heterocycles. The fraction of sp³-hybridized carbons (Fsp3) is 0.818. The van der Waals surface area contributed by atoms with Gasteiger partial charge in [-0.2, -0.15) is 0 Å². The highest BCUT2D eigenvalue weighted by molar-refractivity contribution is 4.97. The number of rotatable bonds is 3. The van der Waals surface area contributed by atoms with E-state index in [0.29, 0.717) is 12.1 Å². The molecule has 2 aliphatic rings. The Labute approximate surface area is 90.1 Å². The lowest BCUT2D eigenvalue weighted by Gasteiger charge is -2.23. The Bertz CT molecular complexity index is 323. The van der Waals surface area contributed by atoms with Crippen LogP contribution in [-0.4, -0.2) is 27.4 Å². The predicted molar refractivity (Wildman–Crippen MR) is 57.6 cm³/mol. The van der Waals surface area contributed by atoms with Crippen molar-refractivity contribution in [2.24, 2.45) is 0 Å². The fourth-order valence-electron chi connectivity index (χ4n) is 2.39. The van der Waals surface area contributed by atoms with Crippen molar-refractivity contribution in [1.29, 1.82) is 0 Å². The maximum absolute atomic E-state index is 4.24. The Balaban J connectivity index is 1.67. The van der Waals surface area contributed by atoms with Crippen LogP contribution < -0.4 is 5.32 Å². The summed E-state index contributed by atoms with van der Waals surface area (Å²) in [6, 6.07) is 1.33. The van der Waals surface area contributed by atoms with Gasteiger partial charge in [0.05, 0.1) is 0 Å². The molecule has 82 valence electrons. The summed E-state index contributed by atoms with van der Waals surface area (Å²) in [6.07, 6.45) is 9.54. The van der Waals surface area contributed by atoms with Crippen LogP contribution >= 0.6 is 0 Å². The second kappa shape index (κ2) is 3.93. The van der Waals surface area contributed by atoms with Crippen molar-refractivity contribution >= 4 is 0 Å². The molecule has 1 aromatic heterocycles. The minimum Gasteiger partial charge on any atom is -0.314 e. The van der Waals surface area contributed by atoms with E-state index in [1.807, 2.05) is 6.33 Å². The van der Waals surface area contributed by atoms with E-state index in [0.717, 1.165) is 6.42 Å². The van der Waals surface area contributed by atoms with Crippen LogP contribution in [0.15, 0.2) is 6.33 Å². The van der Waals surface area contributed by atoms with Crippen LogP contribution in [0.3, 0.4) is 0 Å². The molecule has 1 atom stereocenters. The van der Waals surface area contributed by atoms with E-state index >= 15 is 0 Å². The van der Waals surface area contributed by atoms with Crippen LogP contribution in [0.1, 0.15) is 44.0 Å². The second-order valence-corrected chi connectivity index (χ2v) is 4.74. The van der Waals surface area contributed by atoms with E-state index in [-0.39, 0.29) is 0 Å². The van der Waals surface area contributed by atoms with E-state index in [1.54, 1.807) is 0 Å². The van der Waals surface area contributed by atoms with Crippen LogP contribution in [0.2, 0.25) is 0 Å². The zero-order chi connectivity index (χ0) is 10.1. The van der Waals surface area contributed by atoms with Crippen molar-refractivity contribution < 1.29 is 0 Å². The van der Waals surface area contributed by atoms with Gasteiger partial charge >= 0.3 is 0 Å². The summed E-state index contributed by atoms with van der Waals surface area (Å²) in [5.74, 6) is 1.18. The highest BCUT2D eigenvalue weighted by atomic mass is 15.3. The topological polar surface area (TPSA) is 42.7 Å². The first kappa shape index (κ1) is 9.33. The molecule has 1 aromatic rings. The maximum Gasteiger partial charge on any atom is 0.134 e. The lowest BCUT2D eigenvalue weighted by molar-refractivity contribution is 0.389. The molecular formula is C11H18N4. The Kier molecular flexibility index (Phi) is 2.44. The van der Waals surface area contributed by atoms with E-state index in [2.05, 4.69) is 20.1 Å². The third-order valence-electron chi connectivity index (χ3n) is 3.43. The summed E-state index contributed by atoms with van der Waals surface area (Å²) in [4.78, 5) is 0. The number of nitrogens with one attached hydrogen (secondary N) is 1. The van der Waals surface area contributed by atoms with Crippen molar-refractivity contribution in [3.63, 3.8) is 0 Å². The molecular weight excluding hydrogens is 188 g/mol. The molecule has 1 aliphatic carbocycles. The van der Waals surface area contributed by atoms with Gasteiger partial charge in [0.15, 0.2) is 0 Å². The van der Waals surface area contributed by atoms with Crippen molar-refractivity contribution in [1.82, 2.24) is 20.1 Å². The Morgan fingerprint density at radius 3 is 3.00 bits per heavy atom. The molecule has 4 heteroatoms. The van der Waals surface area contributed by atoms with Gasteiger partial charge in [-0.15, -0.1) is 10.2 Å². The number of hydrogen-bond donors (Lipinski definition) is 1. The lowest BCUT2D eigenvalue weighted by atomic mass is 10.0. The molecule has 15 heavy (non-hydrogen) atoms. The van der Waals surface area contributed by atoms with Crippen LogP contribution in [0.25, 0.3) is 0 Å². The van der Waals surface area contributed by atoms with E-state index in [9.17, 15) is 0 Å². The molecule has 0 amide bonds. The predicted octanol–water partition coefficient (Wildman–Crippen LogP) is 1.30. The summed E-state index contributed by atoms with van der Waals surface area (Å²) < 4.78 is 2.27. The second-order valence-electron chi connectivity index (χ2n) is 4.74. The van der Waals surface area contributed by atoms with E-state index in [4.69, 9.17) is 0 Å². The van der Waals surface area contributed by atoms with Crippen LogP contribution in [0, 0.1) is 0 Å². The highest BCUT2D eigenvalue weighted by Gasteiger charge is 2.27. The van der Waals surface area contributed by atoms with Gasteiger partial charge in [0.1, 0.15) is 12.2 Å². The van der Waals surface area contributed by atoms with Gasteiger partial charge in [-0.3, -0.25) is 0 Å². The van der Waals surface area contributed by atoms with Crippen molar-refractivity contribution in [2.45, 2.75) is 50.6 Å². The van der Waals surface area contributed by atoms with Gasteiger partial charge in [0, 0.05) is 18.5 Å². The summed E-state index contributed by atoms with van der Waals surface area (Å²) in [5.41, 5.74) is 0. The van der Waals surface area contributed by atoms with Gasteiger partial charge in [0.25, 0.3) is 0 Å². The fourth-order valence-corrected chi connectivity index (χ4v) is 2.39. The number of piperidine rings is 1. The summed E-state index contributed by atoms with van der Waals surface area (Å²) in [7, 11) is 0. The molecule has 4 nitrogen and oxygen atoms in total. The molecule has 1 saturated carbocycles. The molecule has 0 aromatic carbocycles. The summed E-state index contributed by atoms with van der Waals surface area (Å²) in [5, 5.41) is 11.8. The monoisotopic (exact) mass is 206 g/mol. The van der Waals surface area contributed by atoms with Gasteiger partial charge in [-0.05, 0) is 32.2 Å². The highest BCUT2D eigenvalue weighted by Crippen LogP contribution is 2.35. The first-order valence-electron chi connectivity index (χ1n) is 6.05. The first-order chi connectivity index (χ1) is 7.43. The van der Waals surface area contributed by atoms with E-state index < -0.39 is 0 Å². The van der Waals surface area contributed by atoms with Crippen LogP contribution in [-0.2, 0) is 6.42 Å². The zero-order valence-corrected chi connectivity index (χ0v) is 9.02.